The molecule has 2 N–H and O–H groups in total. The molecule has 1 aromatic heterocycles. The van der Waals surface area contributed by atoms with Gasteiger partial charge in [0.2, 0.25) is 0 Å². The number of anilines is 3. The Morgan fingerprint density at radius 1 is 1.00 bits per heavy atom. The first kappa shape index (κ1) is 20.9. The van der Waals surface area contributed by atoms with Crippen LogP contribution in [0.4, 0.5) is 20.9 Å². The van der Waals surface area contributed by atoms with Crippen LogP contribution >= 0.6 is 11.3 Å². The maximum Gasteiger partial charge on any atom is 0.266 e. The number of nitrogens with zero attached hydrogens (tertiary/aromatic N) is 2. The minimum absolute atomic E-state index is 0.172. The van der Waals surface area contributed by atoms with E-state index in [1.807, 2.05) is 35.7 Å². The molecule has 0 saturated carbocycles. The highest BCUT2D eigenvalue weighted by atomic mass is 32.2. The highest BCUT2D eigenvalue weighted by Gasteiger charge is 2.22. The molecule has 0 spiro atoms. The maximum absolute atomic E-state index is 13.3. The number of para-hydroxylation sites is 1. The van der Waals surface area contributed by atoms with Gasteiger partial charge in [-0.1, -0.05) is 42.5 Å². The average molecular weight is 454 g/mol. The zero-order valence-electron chi connectivity index (χ0n) is 15.9. The lowest BCUT2D eigenvalue weighted by molar-refractivity contribution is 0.102. The van der Waals surface area contributed by atoms with Crippen molar-refractivity contribution in [2.45, 2.75) is 0 Å². The number of thiazole rings is 1. The lowest BCUT2D eigenvalue weighted by atomic mass is 10.1. The van der Waals surface area contributed by atoms with Gasteiger partial charge in [0.15, 0.2) is 5.13 Å². The van der Waals surface area contributed by atoms with Gasteiger partial charge in [-0.3, -0.25) is 14.7 Å². The molecule has 6 nitrogen and oxygen atoms in total. The SMILES string of the molecule is O=C(Nc1nc(-c2ccccc2)cs1)c1ccccc1N(c1ccc(F)cc1)S(=O)O. The Hall–Kier alpha value is -3.40. The standard InChI is InChI=1S/C22H16FN3O3S2/c23-16-10-12-17(13-11-16)26(31(28)29)20-9-5-4-8-18(20)21(27)25-22-24-19(14-30-22)15-6-2-1-3-7-15/h1-14H,(H,28,29)(H,24,25,27). The van der Waals surface area contributed by atoms with E-state index in [2.05, 4.69) is 10.3 Å². The maximum atomic E-state index is 13.3. The molecule has 1 atom stereocenters. The van der Waals surface area contributed by atoms with Crippen molar-refractivity contribution in [1.82, 2.24) is 4.98 Å². The van der Waals surface area contributed by atoms with Gasteiger partial charge in [-0.15, -0.1) is 11.3 Å². The smallest absolute Gasteiger partial charge is 0.266 e. The van der Waals surface area contributed by atoms with E-state index in [0.29, 0.717) is 5.13 Å². The van der Waals surface area contributed by atoms with Crippen LogP contribution in [0.2, 0.25) is 0 Å². The van der Waals surface area contributed by atoms with Gasteiger partial charge in [-0.2, -0.15) is 0 Å². The monoisotopic (exact) mass is 453 g/mol. The summed E-state index contributed by atoms with van der Waals surface area (Å²) in [4.78, 5) is 17.4. The van der Waals surface area contributed by atoms with Gasteiger partial charge in [-0.05, 0) is 36.4 Å². The van der Waals surface area contributed by atoms with Gasteiger partial charge in [0, 0.05) is 10.9 Å². The molecule has 31 heavy (non-hydrogen) atoms. The minimum Gasteiger partial charge on any atom is -0.298 e. The second kappa shape index (κ2) is 9.17. The summed E-state index contributed by atoms with van der Waals surface area (Å²) >= 11 is -1.21. The molecule has 1 heterocycles. The van der Waals surface area contributed by atoms with Crippen LogP contribution in [-0.4, -0.2) is 19.7 Å². The number of halogens is 1. The van der Waals surface area contributed by atoms with Crippen LogP contribution in [0.1, 0.15) is 10.4 Å². The molecule has 0 aliphatic heterocycles. The molecular weight excluding hydrogens is 437 g/mol. The fourth-order valence-corrected chi connectivity index (χ4v) is 4.31. The Kier molecular flexibility index (Phi) is 6.17. The van der Waals surface area contributed by atoms with E-state index in [-0.39, 0.29) is 16.9 Å². The van der Waals surface area contributed by atoms with Crippen molar-refractivity contribution >= 4 is 45.0 Å². The van der Waals surface area contributed by atoms with Gasteiger partial charge in [-0.25, -0.2) is 17.9 Å². The summed E-state index contributed by atoms with van der Waals surface area (Å²) in [5.41, 5.74) is 2.30. The van der Waals surface area contributed by atoms with E-state index in [0.717, 1.165) is 15.6 Å². The van der Waals surface area contributed by atoms with Crippen LogP contribution in [0, 0.1) is 5.82 Å². The molecule has 1 unspecified atom stereocenters. The predicted molar refractivity (Wildman–Crippen MR) is 121 cm³/mol. The van der Waals surface area contributed by atoms with Crippen molar-refractivity contribution < 1.29 is 17.9 Å². The Morgan fingerprint density at radius 3 is 2.39 bits per heavy atom. The predicted octanol–water partition coefficient (Wildman–Crippen LogP) is 5.48. The molecule has 0 aliphatic carbocycles. The van der Waals surface area contributed by atoms with Gasteiger partial charge < -0.3 is 0 Å². The van der Waals surface area contributed by atoms with Crippen molar-refractivity contribution in [3.63, 3.8) is 0 Å². The topological polar surface area (TPSA) is 82.5 Å². The largest absolute Gasteiger partial charge is 0.298 e. The first-order valence-corrected chi connectivity index (χ1v) is 11.1. The van der Waals surface area contributed by atoms with Gasteiger partial charge in [0.1, 0.15) is 5.82 Å². The fraction of sp³-hybridized carbons (Fsp3) is 0. The summed E-state index contributed by atoms with van der Waals surface area (Å²) in [7, 11) is 0. The zero-order chi connectivity index (χ0) is 21.8. The van der Waals surface area contributed by atoms with Crippen LogP contribution in [-0.2, 0) is 11.3 Å². The number of carbonyl (C=O) groups excluding carboxylic acids is 1. The molecule has 4 rings (SSSR count). The quantitative estimate of drug-likeness (QED) is 0.379. The van der Waals surface area contributed by atoms with Crippen molar-refractivity contribution in [1.29, 1.82) is 0 Å². The van der Waals surface area contributed by atoms with Crippen LogP contribution in [0.25, 0.3) is 11.3 Å². The summed E-state index contributed by atoms with van der Waals surface area (Å²) in [6.45, 7) is 0. The second-order valence-corrected chi connectivity index (χ2v) is 8.06. The molecule has 0 fully saturated rings. The average Bonchev–Trinajstić information content (AvgIpc) is 3.24. The Balaban J connectivity index is 1.63. The molecule has 156 valence electrons. The number of nitrogens with one attached hydrogen (secondary N) is 1. The van der Waals surface area contributed by atoms with E-state index in [1.54, 1.807) is 24.3 Å². The molecule has 0 aliphatic rings. The van der Waals surface area contributed by atoms with E-state index >= 15 is 0 Å². The number of amides is 1. The van der Waals surface area contributed by atoms with Crippen LogP contribution in [0.3, 0.4) is 0 Å². The third kappa shape index (κ3) is 4.69. The van der Waals surface area contributed by atoms with Crippen LogP contribution < -0.4 is 9.62 Å². The first-order chi connectivity index (χ1) is 15.0. The Bertz CT molecular complexity index is 1230. The number of carbonyl (C=O) groups is 1. The van der Waals surface area contributed by atoms with E-state index < -0.39 is 23.0 Å². The van der Waals surface area contributed by atoms with Crippen LogP contribution in [0.15, 0.2) is 84.2 Å². The van der Waals surface area contributed by atoms with Crippen molar-refractivity contribution in [2.75, 3.05) is 9.62 Å². The molecule has 4 aromatic rings. The summed E-state index contributed by atoms with van der Waals surface area (Å²) in [6, 6.07) is 21.0. The second-order valence-electron chi connectivity index (χ2n) is 6.38. The van der Waals surface area contributed by atoms with E-state index in [9.17, 15) is 17.9 Å². The molecule has 0 saturated heterocycles. The van der Waals surface area contributed by atoms with Gasteiger partial charge in [0.05, 0.1) is 22.6 Å². The Morgan fingerprint density at radius 2 is 1.68 bits per heavy atom. The van der Waals surface area contributed by atoms with Crippen molar-refractivity contribution in [3.8, 4) is 11.3 Å². The highest BCUT2D eigenvalue weighted by molar-refractivity contribution is 7.81. The fourth-order valence-electron chi connectivity index (χ4n) is 2.97. The number of rotatable bonds is 6. The lowest BCUT2D eigenvalue weighted by Gasteiger charge is -2.22. The number of hydrogen-bond donors (Lipinski definition) is 2. The third-order valence-corrected chi connectivity index (χ3v) is 5.86. The molecule has 3 aromatic carbocycles. The number of benzene rings is 3. The lowest BCUT2D eigenvalue weighted by Crippen LogP contribution is -2.23. The minimum atomic E-state index is -2.49. The molecule has 0 bridgehead atoms. The third-order valence-electron chi connectivity index (χ3n) is 4.38. The number of hydrogen-bond acceptors (Lipinski definition) is 4. The molecule has 9 heteroatoms. The zero-order valence-corrected chi connectivity index (χ0v) is 17.6. The van der Waals surface area contributed by atoms with Crippen molar-refractivity contribution in [3.05, 3.63) is 95.6 Å². The first-order valence-electron chi connectivity index (χ1n) is 9.11. The molecule has 0 radical (unpaired) electrons. The summed E-state index contributed by atoms with van der Waals surface area (Å²) < 4.78 is 36.3. The highest BCUT2D eigenvalue weighted by Crippen LogP contribution is 2.31. The summed E-state index contributed by atoms with van der Waals surface area (Å²) in [5.74, 6) is -0.960. The van der Waals surface area contributed by atoms with Gasteiger partial charge >= 0.3 is 0 Å². The van der Waals surface area contributed by atoms with Crippen molar-refractivity contribution in [2.24, 2.45) is 0 Å². The van der Waals surface area contributed by atoms with Gasteiger partial charge in [0.25, 0.3) is 17.2 Å². The molecular formula is C22H16FN3O3S2. The van der Waals surface area contributed by atoms with E-state index in [4.69, 9.17) is 0 Å². The Labute approximate surface area is 184 Å². The summed E-state index contributed by atoms with van der Waals surface area (Å²) in [5, 5.41) is 4.98. The summed E-state index contributed by atoms with van der Waals surface area (Å²) in [6.07, 6.45) is 0. The molecule has 1 amide bonds. The van der Waals surface area contributed by atoms with Crippen LogP contribution in [0.5, 0.6) is 0 Å². The van der Waals surface area contributed by atoms with E-state index in [1.165, 1.54) is 35.6 Å². The number of aromatic nitrogens is 1. The normalized spacial score (nSPS) is 11.7.